The maximum atomic E-state index is 10.7. The zero-order valence-corrected chi connectivity index (χ0v) is 6.42. The third kappa shape index (κ3) is 2.79. The standard InChI is InChI=1S/C6H14NO2/c1-5(8)7(3)6(2)9-4/h5-6H,1-4H3. The van der Waals surface area contributed by atoms with Gasteiger partial charge < -0.3 is 4.74 Å². The van der Waals surface area contributed by atoms with Crippen LogP contribution in [0.5, 0.6) is 0 Å². The Morgan fingerprint density at radius 3 is 2.00 bits per heavy atom. The molecule has 0 aromatic rings. The first-order chi connectivity index (χ1) is 4.09. The molecule has 0 spiro atoms. The first-order valence-corrected chi connectivity index (χ1v) is 3.00. The maximum Gasteiger partial charge on any atom is 0.145 e. The van der Waals surface area contributed by atoms with Gasteiger partial charge in [0.1, 0.15) is 12.5 Å². The Morgan fingerprint density at radius 1 is 1.44 bits per heavy atom. The summed E-state index contributed by atoms with van der Waals surface area (Å²) in [6.45, 7) is 3.43. The third-order valence-electron chi connectivity index (χ3n) is 1.49. The van der Waals surface area contributed by atoms with Crippen molar-refractivity contribution in [2.75, 3.05) is 14.2 Å². The number of nitrogens with zero attached hydrogens (tertiary/aromatic N) is 1. The quantitative estimate of drug-likeness (QED) is 0.529. The van der Waals surface area contributed by atoms with E-state index in [2.05, 4.69) is 0 Å². The Balaban J connectivity index is 3.58. The predicted molar refractivity (Wildman–Crippen MR) is 34.4 cm³/mol. The van der Waals surface area contributed by atoms with Gasteiger partial charge in [-0.05, 0) is 20.9 Å². The summed E-state index contributed by atoms with van der Waals surface area (Å²) in [5, 5.41) is 10.7. The average molecular weight is 132 g/mol. The first kappa shape index (κ1) is 8.88. The molecule has 55 valence electrons. The largest absolute Gasteiger partial charge is 0.367 e. The molecule has 3 nitrogen and oxygen atoms in total. The van der Waals surface area contributed by atoms with Crippen LogP contribution in [0.3, 0.4) is 0 Å². The fourth-order valence-electron chi connectivity index (χ4n) is 0.462. The summed E-state index contributed by atoms with van der Waals surface area (Å²) in [7, 11) is 3.33. The molecule has 1 radical (unpaired) electrons. The fraction of sp³-hybridized carbons (Fsp3) is 1.00. The summed E-state index contributed by atoms with van der Waals surface area (Å²) in [6.07, 6.45) is -0.780. The topological polar surface area (TPSA) is 32.4 Å². The molecule has 0 bridgehead atoms. The molecular weight excluding hydrogens is 118 g/mol. The number of methoxy groups -OCH3 is 1. The van der Waals surface area contributed by atoms with Gasteiger partial charge in [0.25, 0.3) is 0 Å². The van der Waals surface area contributed by atoms with Crippen LogP contribution in [0, 0.1) is 0 Å². The van der Waals surface area contributed by atoms with Crippen molar-refractivity contribution in [3.63, 3.8) is 0 Å². The van der Waals surface area contributed by atoms with Gasteiger partial charge in [-0.1, -0.05) is 0 Å². The molecule has 0 amide bonds. The van der Waals surface area contributed by atoms with Crippen LogP contribution in [0.25, 0.3) is 0 Å². The molecule has 2 unspecified atom stereocenters. The summed E-state index contributed by atoms with van der Waals surface area (Å²) in [6, 6.07) is 0. The van der Waals surface area contributed by atoms with Crippen LogP contribution in [0.2, 0.25) is 0 Å². The van der Waals surface area contributed by atoms with E-state index in [9.17, 15) is 5.11 Å². The molecule has 0 aliphatic rings. The number of hydrogen-bond acceptors (Lipinski definition) is 2. The summed E-state index contributed by atoms with van der Waals surface area (Å²) in [5.41, 5.74) is 0. The zero-order valence-electron chi connectivity index (χ0n) is 6.42. The molecule has 0 rings (SSSR count). The number of hydrogen-bond donors (Lipinski definition) is 0. The van der Waals surface area contributed by atoms with Gasteiger partial charge in [0.2, 0.25) is 0 Å². The highest BCUT2D eigenvalue weighted by Crippen LogP contribution is 1.99. The lowest BCUT2D eigenvalue weighted by Crippen LogP contribution is -2.36. The van der Waals surface area contributed by atoms with Crippen molar-refractivity contribution in [2.24, 2.45) is 0 Å². The van der Waals surface area contributed by atoms with Crippen molar-refractivity contribution >= 4 is 0 Å². The molecular formula is C6H14NO2. The van der Waals surface area contributed by atoms with Crippen LogP contribution in [-0.2, 0) is 9.84 Å². The minimum atomic E-state index is -0.694. The van der Waals surface area contributed by atoms with Gasteiger partial charge in [-0.25, -0.2) is 5.11 Å². The van der Waals surface area contributed by atoms with E-state index in [1.165, 1.54) is 0 Å². The van der Waals surface area contributed by atoms with E-state index < -0.39 is 6.23 Å². The molecule has 0 saturated heterocycles. The second-order valence-corrected chi connectivity index (χ2v) is 2.10. The number of ether oxygens (including phenoxy) is 1. The van der Waals surface area contributed by atoms with Crippen LogP contribution < -0.4 is 0 Å². The molecule has 9 heavy (non-hydrogen) atoms. The van der Waals surface area contributed by atoms with Crippen LogP contribution >= 0.6 is 0 Å². The zero-order chi connectivity index (χ0) is 7.44. The van der Waals surface area contributed by atoms with E-state index in [1.54, 1.807) is 26.0 Å². The van der Waals surface area contributed by atoms with Crippen LogP contribution in [0.1, 0.15) is 13.8 Å². The second-order valence-electron chi connectivity index (χ2n) is 2.10. The van der Waals surface area contributed by atoms with Gasteiger partial charge in [0, 0.05) is 7.11 Å². The van der Waals surface area contributed by atoms with Gasteiger partial charge in [-0.2, -0.15) is 0 Å². The number of rotatable bonds is 3. The predicted octanol–water partition coefficient (Wildman–Crippen LogP) is 0.687. The van der Waals surface area contributed by atoms with Crippen molar-refractivity contribution in [3.8, 4) is 0 Å². The fourth-order valence-corrected chi connectivity index (χ4v) is 0.462. The smallest absolute Gasteiger partial charge is 0.145 e. The molecule has 0 N–H and O–H groups in total. The summed E-state index contributed by atoms with van der Waals surface area (Å²) in [5.74, 6) is 0. The SMILES string of the molecule is COC(C)N(C)C(C)[O]. The van der Waals surface area contributed by atoms with Crippen LogP contribution in [-0.4, -0.2) is 31.5 Å². The van der Waals surface area contributed by atoms with Gasteiger partial charge in [0.15, 0.2) is 0 Å². The Hall–Kier alpha value is -0.120. The Labute approximate surface area is 56.2 Å². The summed E-state index contributed by atoms with van der Waals surface area (Å²) >= 11 is 0. The average Bonchev–Trinajstić information content (AvgIpc) is 1.84. The van der Waals surface area contributed by atoms with E-state index in [0.29, 0.717) is 0 Å². The van der Waals surface area contributed by atoms with Crippen molar-refractivity contribution in [1.82, 2.24) is 4.90 Å². The van der Waals surface area contributed by atoms with Gasteiger partial charge in [0.05, 0.1) is 0 Å². The normalized spacial score (nSPS) is 18.0. The van der Waals surface area contributed by atoms with Crippen molar-refractivity contribution in [1.29, 1.82) is 0 Å². The van der Waals surface area contributed by atoms with E-state index in [4.69, 9.17) is 4.74 Å². The van der Waals surface area contributed by atoms with Crippen LogP contribution in [0.4, 0.5) is 0 Å². The monoisotopic (exact) mass is 132 g/mol. The molecule has 0 aromatic heterocycles. The Morgan fingerprint density at radius 2 is 1.89 bits per heavy atom. The second kappa shape index (κ2) is 3.82. The molecule has 0 aromatic carbocycles. The lowest BCUT2D eigenvalue weighted by atomic mass is 10.5. The van der Waals surface area contributed by atoms with E-state index in [-0.39, 0.29) is 6.23 Å². The highest BCUT2D eigenvalue weighted by Gasteiger charge is 2.12. The van der Waals surface area contributed by atoms with Crippen LogP contribution in [0.15, 0.2) is 0 Å². The lowest BCUT2D eigenvalue weighted by Gasteiger charge is -2.24. The van der Waals surface area contributed by atoms with Crippen molar-refractivity contribution in [2.45, 2.75) is 26.3 Å². The minimum Gasteiger partial charge on any atom is -0.367 e. The van der Waals surface area contributed by atoms with Crippen molar-refractivity contribution < 1.29 is 9.84 Å². The molecule has 0 saturated carbocycles. The van der Waals surface area contributed by atoms with Gasteiger partial charge in [-0.15, -0.1) is 0 Å². The third-order valence-corrected chi connectivity index (χ3v) is 1.49. The molecule has 0 aliphatic carbocycles. The Kier molecular flexibility index (Phi) is 3.77. The highest BCUT2D eigenvalue weighted by molar-refractivity contribution is 4.50. The minimum absolute atomic E-state index is 0.0856. The van der Waals surface area contributed by atoms with Crippen molar-refractivity contribution in [3.05, 3.63) is 0 Å². The first-order valence-electron chi connectivity index (χ1n) is 3.00. The van der Waals surface area contributed by atoms with Gasteiger partial charge >= 0.3 is 0 Å². The summed E-state index contributed by atoms with van der Waals surface area (Å²) in [4.78, 5) is 1.61. The highest BCUT2D eigenvalue weighted by atomic mass is 16.5. The molecule has 0 fully saturated rings. The molecule has 2 atom stereocenters. The molecule has 0 heterocycles. The van der Waals surface area contributed by atoms with E-state index in [1.807, 2.05) is 6.92 Å². The molecule has 0 aliphatic heterocycles. The van der Waals surface area contributed by atoms with Gasteiger partial charge in [-0.3, -0.25) is 4.90 Å². The Bertz CT molecular complexity index is 75.5. The molecule has 3 heteroatoms. The van der Waals surface area contributed by atoms with E-state index >= 15 is 0 Å². The maximum absolute atomic E-state index is 10.7. The lowest BCUT2D eigenvalue weighted by molar-refractivity contribution is -0.112. The summed E-state index contributed by atoms with van der Waals surface area (Å²) < 4.78 is 4.90. The van der Waals surface area contributed by atoms with E-state index in [0.717, 1.165) is 0 Å².